The molecule has 2 aromatic carbocycles. The topological polar surface area (TPSA) is 119 Å². The molecule has 11 heteroatoms. The first-order chi connectivity index (χ1) is 17.5. The Balaban J connectivity index is 1.25. The van der Waals surface area contributed by atoms with Gasteiger partial charge in [-0.15, -0.1) is 10.2 Å². The van der Waals surface area contributed by atoms with E-state index in [0.29, 0.717) is 66.4 Å². The van der Waals surface area contributed by atoms with Gasteiger partial charge in [-0.1, -0.05) is 24.3 Å². The van der Waals surface area contributed by atoms with Gasteiger partial charge in [0.1, 0.15) is 12.4 Å². The van der Waals surface area contributed by atoms with Gasteiger partial charge in [-0.3, -0.25) is 9.59 Å². The van der Waals surface area contributed by atoms with Crippen LogP contribution in [-0.2, 0) is 34.8 Å². The lowest BCUT2D eigenvalue weighted by molar-refractivity contribution is -0.0509. The molecule has 1 atom stereocenters. The summed E-state index contributed by atoms with van der Waals surface area (Å²) in [6.07, 6.45) is 0.328. The minimum absolute atomic E-state index is 0.0225. The highest BCUT2D eigenvalue weighted by molar-refractivity contribution is 5.94. The van der Waals surface area contributed by atoms with Gasteiger partial charge in [0.15, 0.2) is 11.6 Å². The lowest BCUT2D eigenvalue weighted by atomic mass is 10.0. The van der Waals surface area contributed by atoms with Crippen molar-refractivity contribution >= 4 is 16.7 Å². The molecule has 4 heterocycles. The molecule has 2 aliphatic rings. The van der Waals surface area contributed by atoms with Gasteiger partial charge in [-0.2, -0.15) is 5.10 Å². The molecule has 1 amide bonds. The summed E-state index contributed by atoms with van der Waals surface area (Å²) in [7, 11) is 0. The van der Waals surface area contributed by atoms with Crippen LogP contribution in [0.4, 0.5) is 4.39 Å². The first kappa shape index (κ1) is 22.5. The highest BCUT2D eigenvalue weighted by Crippen LogP contribution is 2.39. The number of benzene rings is 2. The minimum atomic E-state index is -0.855. The number of amides is 1. The number of ether oxygens (including phenoxy) is 2. The smallest absolute Gasteiger partial charge is 0.272 e. The van der Waals surface area contributed by atoms with E-state index in [0.717, 1.165) is 0 Å². The molecule has 184 valence electrons. The number of H-pyrrole nitrogens is 1. The number of carbonyl (C=O) groups excluding carboxylic acids is 1. The van der Waals surface area contributed by atoms with E-state index in [2.05, 4.69) is 20.4 Å². The summed E-state index contributed by atoms with van der Waals surface area (Å²) in [5, 5.41) is 16.4. The SMILES string of the molecule is CCOC1(c2nnc3n2CCN(C(=O)c2cc(Cc4n[nH]c(=O)c5ccccc45)ccc2F)C3)CO1. The van der Waals surface area contributed by atoms with Crippen LogP contribution in [0.3, 0.4) is 0 Å². The number of nitrogens with zero attached hydrogens (tertiary/aromatic N) is 5. The summed E-state index contributed by atoms with van der Waals surface area (Å²) in [5.41, 5.74) is 1.05. The number of aromatic nitrogens is 5. The normalized spacial score (nSPS) is 18.9. The predicted molar refractivity (Wildman–Crippen MR) is 126 cm³/mol. The maximum Gasteiger partial charge on any atom is 0.272 e. The highest BCUT2D eigenvalue weighted by atomic mass is 19.1. The molecule has 1 fully saturated rings. The third-order valence-corrected chi connectivity index (χ3v) is 6.57. The lowest BCUT2D eigenvalue weighted by Crippen LogP contribution is -2.40. The fraction of sp³-hybridized carbons (Fsp3) is 0.320. The van der Waals surface area contributed by atoms with Crippen LogP contribution in [0.5, 0.6) is 0 Å². The number of epoxide rings is 1. The minimum Gasteiger partial charge on any atom is -0.342 e. The Morgan fingerprint density at radius 2 is 2.00 bits per heavy atom. The monoisotopic (exact) mass is 490 g/mol. The van der Waals surface area contributed by atoms with Gasteiger partial charge in [0.05, 0.1) is 23.2 Å². The summed E-state index contributed by atoms with van der Waals surface area (Å²) < 4.78 is 27.9. The zero-order valence-corrected chi connectivity index (χ0v) is 19.5. The Morgan fingerprint density at radius 1 is 1.19 bits per heavy atom. The van der Waals surface area contributed by atoms with E-state index in [1.807, 2.05) is 23.6 Å². The van der Waals surface area contributed by atoms with Crippen molar-refractivity contribution in [2.45, 2.75) is 32.2 Å². The molecule has 2 aliphatic heterocycles. The lowest BCUT2D eigenvalue weighted by Gasteiger charge is -2.28. The predicted octanol–water partition coefficient (Wildman–Crippen LogP) is 2.12. The summed E-state index contributed by atoms with van der Waals surface area (Å²) in [4.78, 5) is 27.0. The van der Waals surface area contributed by atoms with Crippen LogP contribution < -0.4 is 5.56 Å². The van der Waals surface area contributed by atoms with E-state index in [-0.39, 0.29) is 17.7 Å². The Hall–Kier alpha value is -3.96. The van der Waals surface area contributed by atoms with Crippen molar-refractivity contribution in [3.8, 4) is 0 Å². The Kier molecular flexibility index (Phi) is 5.38. The Labute approximate surface area is 204 Å². The second-order valence-corrected chi connectivity index (χ2v) is 8.83. The summed E-state index contributed by atoms with van der Waals surface area (Å²) in [5.74, 6) is -0.684. The van der Waals surface area contributed by atoms with Gasteiger partial charge in [0.2, 0.25) is 0 Å². The van der Waals surface area contributed by atoms with Crippen molar-refractivity contribution < 1.29 is 18.7 Å². The van der Waals surface area contributed by atoms with Crippen LogP contribution in [0, 0.1) is 5.82 Å². The molecule has 0 bridgehead atoms. The van der Waals surface area contributed by atoms with E-state index in [9.17, 15) is 14.0 Å². The molecular formula is C25H23FN6O4. The molecule has 1 N–H and O–H groups in total. The number of halogens is 1. The number of nitrogens with one attached hydrogen (secondary N) is 1. The first-order valence-electron chi connectivity index (χ1n) is 11.7. The number of rotatable bonds is 6. The number of hydrogen-bond donors (Lipinski definition) is 1. The molecule has 1 unspecified atom stereocenters. The quantitative estimate of drug-likeness (QED) is 0.411. The average Bonchev–Trinajstić information content (AvgIpc) is 3.55. The summed E-state index contributed by atoms with van der Waals surface area (Å²) in [6.45, 7) is 3.80. The third kappa shape index (κ3) is 3.76. The Morgan fingerprint density at radius 3 is 2.78 bits per heavy atom. The number of hydrogen-bond acceptors (Lipinski definition) is 7. The fourth-order valence-electron chi connectivity index (χ4n) is 4.70. The molecule has 0 radical (unpaired) electrons. The van der Waals surface area contributed by atoms with E-state index >= 15 is 0 Å². The molecule has 6 rings (SSSR count). The summed E-state index contributed by atoms with van der Waals surface area (Å²) >= 11 is 0. The van der Waals surface area contributed by atoms with Crippen LogP contribution in [0.15, 0.2) is 47.3 Å². The number of aromatic amines is 1. The van der Waals surface area contributed by atoms with Crippen molar-refractivity contribution in [1.29, 1.82) is 0 Å². The van der Waals surface area contributed by atoms with Crippen molar-refractivity contribution in [2.75, 3.05) is 19.8 Å². The maximum atomic E-state index is 14.8. The third-order valence-electron chi connectivity index (χ3n) is 6.57. The zero-order chi connectivity index (χ0) is 24.9. The van der Waals surface area contributed by atoms with E-state index in [1.165, 1.54) is 6.07 Å². The van der Waals surface area contributed by atoms with Crippen molar-refractivity contribution in [1.82, 2.24) is 29.9 Å². The number of carbonyl (C=O) groups is 1. The standard InChI is InChI=1S/C25H23FN6O4/c1-2-35-25(14-36-25)24-30-28-21-13-31(9-10-32(21)24)23(34)18-11-15(7-8-19(18)26)12-20-16-5-3-4-6-17(16)22(33)29-27-20/h3-8,11H,2,9-10,12-14H2,1H3,(H,29,33). The second-order valence-electron chi connectivity index (χ2n) is 8.83. The molecule has 1 saturated heterocycles. The van der Waals surface area contributed by atoms with Gasteiger partial charge in [-0.05, 0) is 30.7 Å². The van der Waals surface area contributed by atoms with Crippen LogP contribution in [0.2, 0.25) is 0 Å². The molecule has 0 saturated carbocycles. The number of fused-ring (bicyclic) bond motifs is 2. The van der Waals surface area contributed by atoms with E-state index in [4.69, 9.17) is 9.47 Å². The fourth-order valence-corrected chi connectivity index (χ4v) is 4.70. The average molecular weight is 490 g/mol. The molecule has 4 aromatic rings. The molecule has 0 spiro atoms. The van der Waals surface area contributed by atoms with Crippen LogP contribution in [0.1, 0.15) is 40.2 Å². The van der Waals surface area contributed by atoms with Gasteiger partial charge in [0.25, 0.3) is 17.3 Å². The largest absolute Gasteiger partial charge is 0.342 e. The molecule has 10 nitrogen and oxygen atoms in total. The van der Waals surface area contributed by atoms with Crippen molar-refractivity contribution in [2.24, 2.45) is 0 Å². The Bertz CT molecular complexity index is 1540. The van der Waals surface area contributed by atoms with Gasteiger partial charge < -0.3 is 18.9 Å². The second kappa shape index (κ2) is 8.61. The van der Waals surface area contributed by atoms with Crippen LogP contribution >= 0.6 is 0 Å². The molecular weight excluding hydrogens is 467 g/mol. The molecule has 2 aromatic heterocycles. The van der Waals surface area contributed by atoms with Crippen molar-refractivity contribution in [3.05, 3.63) is 87.1 Å². The van der Waals surface area contributed by atoms with Crippen LogP contribution in [0.25, 0.3) is 10.8 Å². The van der Waals surface area contributed by atoms with Gasteiger partial charge in [-0.25, -0.2) is 9.49 Å². The molecule has 36 heavy (non-hydrogen) atoms. The highest BCUT2D eigenvalue weighted by Gasteiger charge is 2.53. The maximum absolute atomic E-state index is 14.8. The van der Waals surface area contributed by atoms with Crippen molar-refractivity contribution in [3.63, 3.8) is 0 Å². The van der Waals surface area contributed by atoms with Gasteiger partial charge >= 0.3 is 0 Å². The van der Waals surface area contributed by atoms with Gasteiger partial charge in [0, 0.05) is 31.5 Å². The first-order valence-corrected chi connectivity index (χ1v) is 11.7. The zero-order valence-electron chi connectivity index (χ0n) is 19.5. The van der Waals surface area contributed by atoms with E-state index in [1.54, 1.807) is 29.2 Å². The molecule has 0 aliphatic carbocycles. The van der Waals surface area contributed by atoms with E-state index < -0.39 is 17.5 Å². The van der Waals surface area contributed by atoms with Crippen LogP contribution in [-0.4, -0.2) is 55.5 Å². The summed E-state index contributed by atoms with van der Waals surface area (Å²) in [6, 6.07) is 11.6.